The molecule has 7 heteroatoms. The highest BCUT2D eigenvalue weighted by Crippen LogP contribution is 2.23. The molecule has 0 saturated heterocycles. The van der Waals surface area contributed by atoms with Crippen LogP contribution in [0, 0.1) is 5.82 Å². The molecule has 0 fully saturated rings. The van der Waals surface area contributed by atoms with Gasteiger partial charge in [-0.3, -0.25) is 9.03 Å². The molecule has 23 heavy (non-hydrogen) atoms. The molecule has 0 atom stereocenters. The smallest absolute Gasteiger partial charge is 0.314 e. The van der Waals surface area contributed by atoms with Crippen molar-refractivity contribution in [3.05, 3.63) is 32.9 Å². The lowest BCUT2D eigenvalue weighted by atomic mass is 10.6. The van der Waals surface area contributed by atoms with E-state index in [9.17, 15) is 14.0 Å². The van der Waals surface area contributed by atoms with E-state index in [4.69, 9.17) is 0 Å². The summed E-state index contributed by atoms with van der Waals surface area (Å²) in [5.41, 5.74) is -0.972. The lowest BCUT2D eigenvalue weighted by Gasteiger charge is -2.34. The highest BCUT2D eigenvalue weighted by molar-refractivity contribution is 6.79. The molecule has 0 aliphatic heterocycles. The molecular weight excluding hydrogens is 327 g/mol. The van der Waals surface area contributed by atoms with E-state index in [0.29, 0.717) is 0 Å². The molecule has 0 amide bonds. The fraction of sp³-hybridized carbons (Fsp3) is 0.750. The molecule has 0 radical (unpaired) electrons. The Morgan fingerprint density at radius 3 is 1.57 bits per heavy atom. The Hall–Kier alpha value is -0.956. The molecule has 1 aromatic rings. The second-order valence-corrected chi connectivity index (χ2v) is 16.4. The summed E-state index contributed by atoms with van der Waals surface area (Å²) in [6, 6.07) is 4.94. The van der Waals surface area contributed by atoms with Crippen LogP contribution in [0.2, 0.25) is 36.3 Å². The van der Waals surface area contributed by atoms with Crippen LogP contribution in [0.15, 0.2) is 15.8 Å². The van der Waals surface area contributed by atoms with Gasteiger partial charge in [0, 0.05) is 6.20 Å². The minimum atomic E-state index is -2.31. The van der Waals surface area contributed by atoms with Gasteiger partial charge in [0.25, 0.3) is 5.56 Å². The fourth-order valence-corrected chi connectivity index (χ4v) is 10.8. The van der Waals surface area contributed by atoms with Crippen molar-refractivity contribution in [2.24, 2.45) is 0 Å². The van der Waals surface area contributed by atoms with Gasteiger partial charge < -0.3 is 4.23 Å². The number of aromatic nitrogens is 2. The first kappa shape index (κ1) is 20.1. The molecule has 132 valence electrons. The molecule has 0 N–H and O–H groups in total. The van der Waals surface area contributed by atoms with Crippen molar-refractivity contribution in [3.63, 3.8) is 0 Å². The number of hydrogen-bond acceptors (Lipinski definition) is 2. The Morgan fingerprint density at radius 1 is 0.826 bits per heavy atom. The van der Waals surface area contributed by atoms with Crippen LogP contribution in [-0.4, -0.2) is 24.9 Å². The van der Waals surface area contributed by atoms with E-state index in [1.54, 1.807) is 4.23 Å². The van der Waals surface area contributed by atoms with Crippen LogP contribution in [0.25, 0.3) is 0 Å². The van der Waals surface area contributed by atoms with Crippen molar-refractivity contribution in [1.82, 2.24) is 8.47 Å². The van der Waals surface area contributed by atoms with Gasteiger partial charge in [-0.25, -0.2) is 4.79 Å². The zero-order valence-corrected chi connectivity index (χ0v) is 17.4. The SMILES string of the molecule is CC[Si](CC)(CC)n1cc(F)c(=O)n([Si](CC)(CC)CC)c1=O. The van der Waals surface area contributed by atoms with Crippen molar-refractivity contribution in [3.8, 4) is 0 Å². The second-order valence-electron chi connectivity index (χ2n) is 6.34. The third-order valence-electron chi connectivity index (χ3n) is 5.98. The Kier molecular flexibility index (Phi) is 6.76. The van der Waals surface area contributed by atoms with E-state index < -0.39 is 27.8 Å². The summed E-state index contributed by atoms with van der Waals surface area (Å²) in [5, 5.41) is 0. The minimum absolute atomic E-state index is 0.258. The fourth-order valence-electron chi connectivity index (χ4n) is 3.77. The van der Waals surface area contributed by atoms with Crippen molar-refractivity contribution in [1.29, 1.82) is 0 Å². The summed E-state index contributed by atoms with van der Waals surface area (Å²) in [5.74, 6) is -0.774. The third-order valence-corrected chi connectivity index (χ3v) is 16.6. The average molecular weight is 359 g/mol. The van der Waals surface area contributed by atoms with Gasteiger partial charge in [0.05, 0.1) is 0 Å². The quantitative estimate of drug-likeness (QED) is 0.662. The number of halogens is 1. The van der Waals surface area contributed by atoms with Gasteiger partial charge in [0.1, 0.15) is 0 Å². The topological polar surface area (TPSA) is 44.0 Å². The van der Waals surface area contributed by atoms with Crippen LogP contribution in [0.5, 0.6) is 0 Å². The molecule has 0 unspecified atom stereocenters. The van der Waals surface area contributed by atoms with Gasteiger partial charge in [-0.1, -0.05) is 41.5 Å². The maximum Gasteiger partial charge on any atom is 0.314 e. The molecular formula is C16H31FN2O2Si2. The molecule has 0 spiro atoms. The Labute approximate surface area is 140 Å². The summed E-state index contributed by atoms with van der Waals surface area (Å²) >= 11 is 0. The lowest BCUT2D eigenvalue weighted by molar-refractivity contribution is 0.577. The highest BCUT2D eigenvalue weighted by Gasteiger charge is 2.38. The molecule has 0 aliphatic rings. The molecule has 0 saturated carbocycles. The van der Waals surface area contributed by atoms with Crippen molar-refractivity contribution >= 4 is 16.5 Å². The molecule has 0 aliphatic carbocycles. The van der Waals surface area contributed by atoms with Gasteiger partial charge >= 0.3 is 5.69 Å². The molecule has 1 rings (SSSR count). The maximum absolute atomic E-state index is 14.4. The first-order valence-electron chi connectivity index (χ1n) is 8.88. The molecule has 1 heterocycles. The zero-order valence-electron chi connectivity index (χ0n) is 15.4. The average Bonchev–Trinajstić information content (AvgIpc) is 2.58. The van der Waals surface area contributed by atoms with E-state index in [1.165, 1.54) is 10.4 Å². The van der Waals surface area contributed by atoms with Gasteiger partial charge in [-0.05, 0) is 36.3 Å². The Bertz CT molecular complexity index is 630. The molecule has 1 aromatic heterocycles. The first-order valence-corrected chi connectivity index (χ1v) is 14.0. The van der Waals surface area contributed by atoms with Gasteiger partial charge in [0.15, 0.2) is 16.5 Å². The van der Waals surface area contributed by atoms with Crippen LogP contribution in [0.3, 0.4) is 0 Å². The maximum atomic E-state index is 14.4. The lowest BCUT2D eigenvalue weighted by Crippen LogP contribution is -2.61. The number of hydrogen-bond donors (Lipinski definition) is 0. The van der Waals surface area contributed by atoms with Crippen molar-refractivity contribution in [2.45, 2.75) is 77.8 Å². The highest BCUT2D eigenvalue weighted by atomic mass is 28.3. The summed E-state index contributed by atoms with van der Waals surface area (Å²) < 4.78 is 17.4. The zero-order chi connectivity index (χ0) is 17.8. The van der Waals surface area contributed by atoms with Crippen LogP contribution >= 0.6 is 0 Å². The summed E-state index contributed by atoms with van der Waals surface area (Å²) in [7, 11) is -4.42. The van der Waals surface area contributed by atoms with E-state index in [1.807, 2.05) is 20.8 Å². The first-order chi connectivity index (χ1) is 10.8. The predicted octanol–water partition coefficient (Wildman–Crippen LogP) is 3.86. The number of nitrogens with zero attached hydrogens (tertiary/aromatic N) is 2. The van der Waals surface area contributed by atoms with Crippen LogP contribution in [-0.2, 0) is 0 Å². The van der Waals surface area contributed by atoms with Crippen LogP contribution < -0.4 is 11.2 Å². The summed E-state index contributed by atoms with van der Waals surface area (Å²) in [4.78, 5) is 25.7. The molecule has 0 aromatic carbocycles. The van der Waals surface area contributed by atoms with E-state index in [2.05, 4.69) is 20.8 Å². The van der Waals surface area contributed by atoms with Gasteiger partial charge in [-0.15, -0.1) is 0 Å². The largest absolute Gasteiger partial charge is 0.326 e. The van der Waals surface area contributed by atoms with Gasteiger partial charge in [-0.2, -0.15) is 4.39 Å². The third kappa shape index (κ3) is 3.17. The van der Waals surface area contributed by atoms with Gasteiger partial charge in [0.2, 0.25) is 5.82 Å². The summed E-state index contributed by atoms with van der Waals surface area (Å²) in [6.07, 6.45) is 1.20. The van der Waals surface area contributed by atoms with E-state index in [-0.39, 0.29) is 5.69 Å². The predicted molar refractivity (Wildman–Crippen MR) is 100 cm³/mol. The minimum Gasteiger partial charge on any atom is -0.326 e. The second kappa shape index (κ2) is 7.74. The standard InChI is InChI=1S/C16H31FN2O2Si2/c1-7-22(8-2,9-3)18-13-14(17)15(20)19(16(18)21)23(10-4,11-5)12-6/h13H,7-12H2,1-6H3. The Morgan fingerprint density at radius 2 is 1.22 bits per heavy atom. The van der Waals surface area contributed by atoms with Crippen LogP contribution in [0.1, 0.15) is 41.5 Å². The van der Waals surface area contributed by atoms with E-state index in [0.717, 1.165) is 36.3 Å². The number of rotatable bonds is 8. The van der Waals surface area contributed by atoms with Crippen LogP contribution in [0.4, 0.5) is 4.39 Å². The molecule has 0 bridgehead atoms. The monoisotopic (exact) mass is 358 g/mol. The van der Waals surface area contributed by atoms with Crippen molar-refractivity contribution in [2.75, 3.05) is 0 Å². The Balaban J connectivity index is 3.90. The summed E-state index contributed by atoms with van der Waals surface area (Å²) in [6.45, 7) is 12.3. The van der Waals surface area contributed by atoms with E-state index >= 15 is 0 Å². The van der Waals surface area contributed by atoms with Crippen molar-refractivity contribution < 1.29 is 4.39 Å². The normalized spacial score (nSPS) is 12.7. The molecule has 4 nitrogen and oxygen atoms in total.